The van der Waals surface area contributed by atoms with E-state index in [0.717, 1.165) is 0 Å². The standard InChI is InChI=1S/C19H21N3O6/c1-10-8-7-9-13(17(10)22(25)26)16-14(18(23)27-5)11(2)21(20-4)12(3)15(16)19(24)28-6/h7-9,16H,4H2,1-3,5-6H3. The number of hydrazone groups is 1. The number of aryl methyl sites for hydroxylation is 1. The van der Waals surface area contributed by atoms with E-state index in [4.69, 9.17) is 9.47 Å². The molecule has 0 spiro atoms. The third-order valence-electron chi connectivity index (χ3n) is 4.71. The molecule has 148 valence electrons. The number of para-hydroxylation sites is 1. The van der Waals surface area contributed by atoms with Gasteiger partial charge in [0.2, 0.25) is 0 Å². The fourth-order valence-corrected chi connectivity index (χ4v) is 3.48. The highest BCUT2D eigenvalue weighted by Gasteiger charge is 2.43. The van der Waals surface area contributed by atoms with Crippen LogP contribution in [0.2, 0.25) is 0 Å². The van der Waals surface area contributed by atoms with E-state index in [2.05, 4.69) is 11.8 Å². The number of allylic oxidation sites excluding steroid dienone is 2. The first-order valence-electron chi connectivity index (χ1n) is 8.30. The molecule has 0 aliphatic carbocycles. The molecular formula is C19H21N3O6. The van der Waals surface area contributed by atoms with Crippen LogP contribution >= 0.6 is 0 Å². The number of carbonyl (C=O) groups is 2. The number of rotatable bonds is 5. The van der Waals surface area contributed by atoms with Gasteiger partial charge in [0.25, 0.3) is 5.69 Å². The molecular weight excluding hydrogens is 366 g/mol. The average Bonchev–Trinajstić information content (AvgIpc) is 2.66. The van der Waals surface area contributed by atoms with Crippen molar-refractivity contribution < 1.29 is 24.0 Å². The van der Waals surface area contributed by atoms with Gasteiger partial charge in [-0.15, -0.1) is 0 Å². The number of methoxy groups -OCH3 is 2. The minimum atomic E-state index is -1.06. The second-order valence-electron chi connectivity index (χ2n) is 6.14. The fraction of sp³-hybridized carbons (Fsp3) is 0.316. The molecule has 9 nitrogen and oxygen atoms in total. The van der Waals surface area contributed by atoms with E-state index in [9.17, 15) is 19.7 Å². The highest BCUT2D eigenvalue weighted by atomic mass is 16.6. The van der Waals surface area contributed by atoms with Crippen LogP contribution in [0.25, 0.3) is 0 Å². The highest BCUT2D eigenvalue weighted by molar-refractivity contribution is 6.00. The lowest BCUT2D eigenvalue weighted by Crippen LogP contribution is -2.33. The number of esters is 2. The fourth-order valence-electron chi connectivity index (χ4n) is 3.48. The van der Waals surface area contributed by atoms with Gasteiger partial charge in [-0.1, -0.05) is 18.2 Å². The number of hydrogen-bond acceptors (Lipinski definition) is 8. The van der Waals surface area contributed by atoms with Crippen LogP contribution in [0.1, 0.15) is 30.9 Å². The summed E-state index contributed by atoms with van der Waals surface area (Å²) in [5.74, 6) is -2.53. The zero-order valence-corrected chi connectivity index (χ0v) is 16.3. The average molecular weight is 387 g/mol. The first-order chi connectivity index (χ1) is 13.2. The summed E-state index contributed by atoms with van der Waals surface area (Å²) in [5.41, 5.74) is 1.21. The van der Waals surface area contributed by atoms with E-state index >= 15 is 0 Å². The Morgan fingerprint density at radius 3 is 2.00 bits per heavy atom. The number of benzene rings is 1. The van der Waals surface area contributed by atoms with Crippen molar-refractivity contribution in [3.05, 3.63) is 62.0 Å². The molecule has 28 heavy (non-hydrogen) atoms. The zero-order valence-electron chi connectivity index (χ0n) is 16.3. The van der Waals surface area contributed by atoms with Crippen LogP contribution in [0.4, 0.5) is 5.69 Å². The first kappa shape index (κ1) is 20.8. The Balaban J connectivity index is 2.97. The molecule has 0 radical (unpaired) electrons. The number of nitro groups is 1. The predicted molar refractivity (Wildman–Crippen MR) is 101 cm³/mol. The Morgan fingerprint density at radius 2 is 1.61 bits per heavy atom. The molecule has 2 rings (SSSR count). The summed E-state index contributed by atoms with van der Waals surface area (Å²) < 4.78 is 9.80. The van der Waals surface area contributed by atoms with Crippen molar-refractivity contribution in [3.63, 3.8) is 0 Å². The second-order valence-corrected chi connectivity index (χ2v) is 6.14. The SMILES string of the molecule is C=NN1C(C)=C(C(=O)OC)C(c2cccc(C)c2[N+](=O)[O-])C(C(=O)OC)=C1C. The predicted octanol–water partition coefficient (Wildman–Crippen LogP) is 2.81. The van der Waals surface area contributed by atoms with Crippen LogP contribution in [0.5, 0.6) is 0 Å². The summed E-state index contributed by atoms with van der Waals surface area (Å²) in [7, 11) is 2.39. The quantitative estimate of drug-likeness (QED) is 0.330. The van der Waals surface area contributed by atoms with E-state index in [0.29, 0.717) is 17.0 Å². The third kappa shape index (κ3) is 3.26. The molecule has 1 aromatic rings. The summed E-state index contributed by atoms with van der Waals surface area (Å²) in [6, 6.07) is 4.73. The molecule has 0 fully saturated rings. The van der Waals surface area contributed by atoms with Gasteiger partial charge in [-0.2, -0.15) is 5.10 Å². The molecule has 9 heteroatoms. The smallest absolute Gasteiger partial charge is 0.336 e. The van der Waals surface area contributed by atoms with E-state index in [-0.39, 0.29) is 22.4 Å². The molecule has 0 N–H and O–H groups in total. The molecule has 1 aliphatic heterocycles. The monoisotopic (exact) mass is 387 g/mol. The summed E-state index contributed by atoms with van der Waals surface area (Å²) in [5, 5.41) is 16.9. The Kier molecular flexibility index (Phi) is 5.97. The third-order valence-corrected chi connectivity index (χ3v) is 4.71. The van der Waals surface area contributed by atoms with Gasteiger partial charge in [0.1, 0.15) is 0 Å². The first-order valence-corrected chi connectivity index (χ1v) is 8.30. The molecule has 0 atom stereocenters. The van der Waals surface area contributed by atoms with Crippen molar-refractivity contribution in [2.75, 3.05) is 14.2 Å². The van der Waals surface area contributed by atoms with Gasteiger partial charge in [0.05, 0.1) is 47.6 Å². The molecule has 0 unspecified atom stereocenters. The molecule has 0 amide bonds. The highest BCUT2D eigenvalue weighted by Crippen LogP contribution is 2.46. The molecule has 0 saturated carbocycles. The van der Waals surface area contributed by atoms with Crippen molar-refractivity contribution in [3.8, 4) is 0 Å². The molecule has 1 aromatic carbocycles. The maximum absolute atomic E-state index is 12.6. The van der Waals surface area contributed by atoms with Crippen LogP contribution in [-0.2, 0) is 19.1 Å². The van der Waals surface area contributed by atoms with E-state index in [1.807, 2.05) is 0 Å². The lowest BCUT2D eigenvalue weighted by atomic mass is 9.79. The van der Waals surface area contributed by atoms with Crippen molar-refractivity contribution in [2.24, 2.45) is 5.10 Å². The lowest BCUT2D eigenvalue weighted by molar-refractivity contribution is -0.386. The van der Waals surface area contributed by atoms with Gasteiger partial charge in [-0.3, -0.25) is 10.1 Å². The van der Waals surface area contributed by atoms with E-state index < -0.39 is 22.8 Å². The van der Waals surface area contributed by atoms with E-state index in [1.54, 1.807) is 32.9 Å². The summed E-state index contributed by atoms with van der Waals surface area (Å²) in [6.45, 7) is 8.27. The molecule has 0 aromatic heterocycles. The van der Waals surface area contributed by atoms with Crippen LogP contribution in [0.3, 0.4) is 0 Å². The zero-order chi connectivity index (χ0) is 21.2. The molecule has 1 heterocycles. The summed E-state index contributed by atoms with van der Waals surface area (Å²) in [6.07, 6.45) is 0. The summed E-state index contributed by atoms with van der Waals surface area (Å²) in [4.78, 5) is 36.5. The number of carbonyl (C=O) groups excluding carboxylic acids is 2. The van der Waals surface area contributed by atoms with Gasteiger partial charge < -0.3 is 9.47 Å². The molecule has 0 bridgehead atoms. The number of nitrogens with zero attached hydrogens (tertiary/aromatic N) is 3. The van der Waals surface area contributed by atoms with Crippen molar-refractivity contribution in [2.45, 2.75) is 26.7 Å². The van der Waals surface area contributed by atoms with Crippen LogP contribution in [-0.4, -0.2) is 42.8 Å². The maximum Gasteiger partial charge on any atom is 0.336 e. The van der Waals surface area contributed by atoms with Crippen molar-refractivity contribution >= 4 is 24.3 Å². The number of nitro benzene ring substituents is 1. The lowest BCUT2D eigenvalue weighted by Gasteiger charge is -2.34. The van der Waals surface area contributed by atoms with Gasteiger partial charge in [-0.25, -0.2) is 14.6 Å². The minimum Gasteiger partial charge on any atom is -0.466 e. The Hall–Kier alpha value is -3.49. The van der Waals surface area contributed by atoms with Gasteiger partial charge in [-0.05, 0) is 20.8 Å². The van der Waals surface area contributed by atoms with Crippen LogP contribution < -0.4 is 0 Å². The molecule has 0 saturated heterocycles. The second kappa shape index (κ2) is 8.03. The number of hydrogen-bond donors (Lipinski definition) is 0. The maximum atomic E-state index is 12.6. The Morgan fingerprint density at radius 1 is 1.11 bits per heavy atom. The summed E-state index contributed by atoms with van der Waals surface area (Å²) >= 11 is 0. The normalized spacial score (nSPS) is 14.8. The van der Waals surface area contributed by atoms with Crippen LogP contribution in [0, 0.1) is 17.0 Å². The number of ether oxygens (including phenoxy) is 2. The van der Waals surface area contributed by atoms with Crippen LogP contribution in [0.15, 0.2) is 45.8 Å². The van der Waals surface area contributed by atoms with Crippen molar-refractivity contribution in [1.82, 2.24) is 5.01 Å². The Bertz CT molecular complexity index is 892. The minimum absolute atomic E-state index is 0.0506. The topological polar surface area (TPSA) is 111 Å². The van der Waals surface area contributed by atoms with E-state index in [1.165, 1.54) is 25.3 Å². The van der Waals surface area contributed by atoms with Gasteiger partial charge in [0.15, 0.2) is 0 Å². The largest absolute Gasteiger partial charge is 0.466 e. The van der Waals surface area contributed by atoms with Crippen molar-refractivity contribution in [1.29, 1.82) is 0 Å². The van der Waals surface area contributed by atoms with Gasteiger partial charge in [0, 0.05) is 17.8 Å². The van der Waals surface area contributed by atoms with Gasteiger partial charge >= 0.3 is 11.9 Å². The Labute approximate surface area is 162 Å². The molecule has 1 aliphatic rings.